The first-order chi connectivity index (χ1) is 9.02. The number of carbonyl (C=O) groups is 2. The van der Waals surface area contributed by atoms with Crippen LogP contribution in [0.2, 0.25) is 0 Å². The van der Waals surface area contributed by atoms with Gasteiger partial charge in [-0.1, -0.05) is 32.6 Å². The van der Waals surface area contributed by atoms with Gasteiger partial charge in [0.2, 0.25) is 0 Å². The number of nitrogens with zero attached hydrogens (tertiary/aromatic N) is 1. The van der Waals surface area contributed by atoms with Gasteiger partial charge in [0.15, 0.2) is 0 Å². The number of carboxylic acid groups (broad SMARTS) is 2. The minimum atomic E-state index is -0.949. The maximum Gasteiger partial charge on any atom is 0.317 e. The van der Waals surface area contributed by atoms with Crippen LogP contribution in [0.3, 0.4) is 0 Å². The summed E-state index contributed by atoms with van der Waals surface area (Å²) in [6.07, 6.45) is 7.61. The van der Waals surface area contributed by atoms with Crippen molar-refractivity contribution < 1.29 is 19.8 Å². The van der Waals surface area contributed by atoms with Gasteiger partial charge in [-0.05, 0) is 25.2 Å². The molecule has 1 aliphatic rings. The summed E-state index contributed by atoms with van der Waals surface area (Å²) in [6.45, 7) is 1.84. The molecule has 0 saturated heterocycles. The zero-order chi connectivity index (χ0) is 14.3. The van der Waals surface area contributed by atoms with E-state index in [1.54, 1.807) is 4.90 Å². The van der Waals surface area contributed by atoms with Crippen LogP contribution in [0.4, 0.5) is 0 Å². The van der Waals surface area contributed by atoms with Crippen molar-refractivity contribution in [3.8, 4) is 0 Å². The highest BCUT2D eigenvalue weighted by atomic mass is 16.4. The summed E-state index contributed by atoms with van der Waals surface area (Å²) >= 11 is 0. The van der Waals surface area contributed by atoms with Gasteiger partial charge in [0, 0.05) is 6.04 Å². The molecule has 2 atom stereocenters. The van der Waals surface area contributed by atoms with Crippen molar-refractivity contribution in [3.05, 3.63) is 0 Å². The van der Waals surface area contributed by atoms with Crippen LogP contribution in [0.5, 0.6) is 0 Å². The number of hydrogen-bond donors (Lipinski definition) is 2. The minimum absolute atomic E-state index is 0.106. The van der Waals surface area contributed by atoms with Gasteiger partial charge >= 0.3 is 11.9 Å². The van der Waals surface area contributed by atoms with Crippen molar-refractivity contribution in [1.82, 2.24) is 4.90 Å². The smallest absolute Gasteiger partial charge is 0.317 e. The second-order valence-corrected chi connectivity index (χ2v) is 5.51. The lowest BCUT2D eigenvalue weighted by molar-refractivity contribution is -0.143. The van der Waals surface area contributed by atoms with E-state index in [2.05, 4.69) is 6.92 Å². The van der Waals surface area contributed by atoms with Gasteiger partial charge in [0.1, 0.15) is 0 Å². The molecule has 110 valence electrons. The topological polar surface area (TPSA) is 77.8 Å². The summed E-state index contributed by atoms with van der Waals surface area (Å²) in [7, 11) is 0. The van der Waals surface area contributed by atoms with E-state index in [1.165, 1.54) is 19.3 Å². The minimum Gasteiger partial charge on any atom is -0.480 e. The Morgan fingerprint density at radius 3 is 2.21 bits per heavy atom. The SMILES string of the molecule is CCCC1CCCC(N(CC(=O)O)CC(=O)O)CC1. The second kappa shape index (κ2) is 8.15. The third kappa shape index (κ3) is 6.05. The zero-order valence-electron chi connectivity index (χ0n) is 11.7. The molecule has 1 rings (SSSR count). The highest BCUT2D eigenvalue weighted by Gasteiger charge is 2.26. The van der Waals surface area contributed by atoms with Gasteiger partial charge < -0.3 is 10.2 Å². The summed E-state index contributed by atoms with van der Waals surface area (Å²) in [5, 5.41) is 17.8. The highest BCUT2D eigenvalue weighted by molar-refractivity contribution is 5.72. The summed E-state index contributed by atoms with van der Waals surface area (Å²) in [6, 6.07) is 0.106. The number of carboxylic acids is 2. The van der Waals surface area contributed by atoms with E-state index in [0.717, 1.165) is 31.6 Å². The maximum atomic E-state index is 10.9. The first-order valence-corrected chi connectivity index (χ1v) is 7.20. The van der Waals surface area contributed by atoms with Gasteiger partial charge in [-0.15, -0.1) is 0 Å². The van der Waals surface area contributed by atoms with Gasteiger partial charge in [0.05, 0.1) is 13.1 Å². The Morgan fingerprint density at radius 1 is 1.05 bits per heavy atom. The molecule has 0 bridgehead atoms. The van der Waals surface area contributed by atoms with Crippen LogP contribution in [0.1, 0.15) is 51.9 Å². The van der Waals surface area contributed by atoms with Crippen LogP contribution < -0.4 is 0 Å². The average molecular weight is 271 g/mol. The quantitative estimate of drug-likeness (QED) is 0.694. The summed E-state index contributed by atoms with van der Waals surface area (Å²) in [5.74, 6) is -1.17. The second-order valence-electron chi connectivity index (χ2n) is 5.51. The molecule has 1 aliphatic carbocycles. The van der Waals surface area contributed by atoms with Crippen LogP contribution in [0, 0.1) is 5.92 Å². The summed E-state index contributed by atoms with van der Waals surface area (Å²) < 4.78 is 0. The van der Waals surface area contributed by atoms with E-state index < -0.39 is 11.9 Å². The lowest BCUT2D eigenvalue weighted by Crippen LogP contribution is -2.42. The molecule has 0 aromatic rings. The molecule has 0 aromatic heterocycles. The molecular weight excluding hydrogens is 246 g/mol. The molecule has 5 nitrogen and oxygen atoms in total. The van der Waals surface area contributed by atoms with Crippen LogP contribution >= 0.6 is 0 Å². The monoisotopic (exact) mass is 271 g/mol. The van der Waals surface area contributed by atoms with E-state index in [4.69, 9.17) is 10.2 Å². The largest absolute Gasteiger partial charge is 0.480 e. The molecule has 1 saturated carbocycles. The maximum absolute atomic E-state index is 10.9. The van der Waals surface area contributed by atoms with Gasteiger partial charge in [-0.25, -0.2) is 0 Å². The molecule has 0 aliphatic heterocycles. The fourth-order valence-electron chi connectivity index (χ4n) is 3.08. The lowest BCUT2D eigenvalue weighted by Gasteiger charge is -2.28. The predicted octanol–water partition coefficient (Wildman–Crippen LogP) is 2.21. The Kier molecular flexibility index (Phi) is 6.84. The van der Waals surface area contributed by atoms with Crippen molar-refractivity contribution in [1.29, 1.82) is 0 Å². The van der Waals surface area contributed by atoms with E-state index in [1.807, 2.05) is 0 Å². The van der Waals surface area contributed by atoms with Crippen molar-refractivity contribution in [2.24, 2.45) is 5.92 Å². The molecule has 0 amide bonds. The van der Waals surface area contributed by atoms with E-state index in [0.29, 0.717) is 0 Å². The van der Waals surface area contributed by atoms with Crippen LogP contribution in [0.25, 0.3) is 0 Å². The molecule has 0 aromatic carbocycles. The molecule has 1 fully saturated rings. The fourth-order valence-corrected chi connectivity index (χ4v) is 3.08. The normalized spacial score (nSPS) is 24.1. The van der Waals surface area contributed by atoms with Gasteiger partial charge in [0.25, 0.3) is 0 Å². The van der Waals surface area contributed by atoms with E-state index >= 15 is 0 Å². The Labute approximate surface area is 114 Å². The molecule has 0 heterocycles. The molecule has 5 heteroatoms. The van der Waals surface area contributed by atoms with Gasteiger partial charge in [-0.3, -0.25) is 14.5 Å². The Hall–Kier alpha value is -1.10. The zero-order valence-corrected chi connectivity index (χ0v) is 11.7. The Morgan fingerprint density at radius 2 is 1.68 bits per heavy atom. The molecule has 2 N–H and O–H groups in total. The van der Waals surface area contributed by atoms with Crippen LogP contribution in [-0.2, 0) is 9.59 Å². The highest BCUT2D eigenvalue weighted by Crippen LogP contribution is 2.28. The van der Waals surface area contributed by atoms with Gasteiger partial charge in [-0.2, -0.15) is 0 Å². The molecular formula is C14H25NO4. The average Bonchev–Trinajstić information content (AvgIpc) is 2.53. The summed E-state index contributed by atoms with van der Waals surface area (Å²) in [5.41, 5.74) is 0. The first kappa shape index (κ1) is 16.0. The molecule has 0 spiro atoms. The Balaban J connectivity index is 2.57. The Bertz CT molecular complexity index is 290. The predicted molar refractivity (Wildman–Crippen MR) is 72.1 cm³/mol. The number of aliphatic carboxylic acids is 2. The molecule has 19 heavy (non-hydrogen) atoms. The van der Waals surface area contributed by atoms with Crippen LogP contribution in [0.15, 0.2) is 0 Å². The lowest BCUT2D eigenvalue weighted by atomic mass is 9.95. The van der Waals surface area contributed by atoms with E-state index in [9.17, 15) is 9.59 Å². The fraction of sp³-hybridized carbons (Fsp3) is 0.857. The van der Waals surface area contributed by atoms with Crippen LogP contribution in [-0.4, -0.2) is 46.2 Å². The van der Waals surface area contributed by atoms with E-state index in [-0.39, 0.29) is 19.1 Å². The summed E-state index contributed by atoms with van der Waals surface area (Å²) in [4.78, 5) is 23.3. The van der Waals surface area contributed by atoms with Crippen molar-refractivity contribution >= 4 is 11.9 Å². The molecule has 2 unspecified atom stereocenters. The first-order valence-electron chi connectivity index (χ1n) is 7.20. The van der Waals surface area contributed by atoms with Crippen molar-refractivity contribution in [3.63, 3.8) is 0 Å². The number of rotatable bonds is 7. The third-order valence-corrected chi connectivity index (χ3v) is 3.95. The number of hydrogen-bond acceptors (Lipinski definition) is 3. The molecule has 0 radical (unpaired) electrons. The standard InChI is InChI=1S/C14H25NO4/c1-2-4-11-5-3-6-12(8-7-11)15(9-13(16)17)10-14(18)19/h11-12H,2-10H2,1H3,(H,16,17)(H,18,19). The third-order valence-electron chi connectivity index (χ3n) is 3.95. The van der Waals surface area contributed by atoms with Crippen molar-refractivity contribution in [2.75, 3.05) is 13.1 Å². The van der Waals surface area contributed by atoms with Crippen molar-refractivity contribution in [2.45, 2.75) is 57.9 Å².